The van der Waals surface area contributed by atoms with Crippen LogP contribution in [-0.2, 0) is 35.7 Å². The summed E-state index contributed by atoms with van der Waals surface area (Å²) in [5, 5.41) is 2.26. The molecule has 0 radical (unpaired) electrons. The topological polar surface area (TPSA) is 78.5 Å². The lowest BCUT2D eigenvalue weighted by molar-refractivity contribution is 0.255. The van der Waals surface area contributed by atoms with Gasteiger partial charge in [-0.15, -0.1) is 0 Å². The number of fused-ring (bicyclic) bond motifs is 2. The molecule has 1 aromatic rings. The van der Waals surface area contributed by atoms with Crippen LogP contribution in [0.25, 0.3) is 0 Å². The van der Waals surface area contributed by atoms with Gasteiger partial charge >= 0.3 is 6.03 Å². The van der Waals surface area contributed by atoms with Crippen molar-refractivity contribution in [1.29, 1.82) is 0 Å². The molecule has 162 valence electrons. The van der Waals surface area contributed by atoms with Crippen molar-refractivity contribution in [2.24, 2.45) is 0 Å². The van der Waals surface area contributed by atoms with Crippen molar-refractivity contribution in [3.05, 3.63) is 28.3 Å². The Balaban J connectivity index is 1.69. The minimum atomic E-state index is -3.74. The van der Waals surface area contributed by atoms with Gasteiger partial charge in [0.2, 0.25) is 10.0 Å². The third-order valence-corrected chi connectivity index (χ3v) is 7.75. The first-order chi connectivity index (χ1) is 13.9. The molecule has 2 N–H and O–H groups in total. The van der Waals surface area contributed by atoms with Gasteiger partial charge in [0, 0.05) is 12.2 Å². The molecular weight excluding hydrogens is 386 g/mol. The number of carbonyl (C=O) groups excluding carboxylic acids is 1. The molecule has 1 atom stereocenters. The first kappa shape index (κ1) is 22.1. The van der Waals surface area contributed by atoms with Gasteiger partial charge in [-0.2, -0.15) is 0 Å². The summed E-state index contributed by atoms with van der Waals surface area (Å²) < 4.78 is 27.8. The third kappa shape index (κ3) is 5.12. The van der Waals surface area contributed by atoms with E-state index in [4.69, 9.17) is 0 Å². The van der Waals surface area contributed by atoms with E-state index in [9.17, 15) is 13.2 Å². The average molecular weight is 422 g/mol. The lowest BCUT2D eigenvalue weighted by Gasteiger charge is -2.25. The fraction of sp³-hybridized carbons (Fsp3) is 0.682. The van der Waals surface area contributed by atoms with Crippen molar-refractivity contribution in [3.8, 4) is 0 Å². The Hall–Kier alpha value is -1.60. The monoisotopic (exact) mass is 421 g/mol. The molecule has 0 fully saturated rings. The lowest BCUT2D eigenvalue weighted by atomic mass is 9.99. The molecule has 2 amide bonds. The van der Waals surface area contributed by atoms with Gasteiger partial charge in [-0.3, -0.25) is 0 Å². The zero-order valence-electron chi connectivity index (χ0n) is 18.0. The number of hydrogen-bond donors (Lipinski definition) is 2. The Morgan fingerprint density at radius 1 is 1.03 bits per heavy atom. The molecule has 6 nitrogen and oxygen atoms in total. The number of nitrogens with one attached hydrogen (secondary N) is 2. The number of anilines is 1. The van der Waals surface area contributed by atoms with Gasteiger partial charge in [0.05, 0.1) is 5.25 Å². The number of amides is 2. The highest BCUT2D eigenvalue weighted by Crippen LogP contribution is 2.38. The summed E-state index contributed by atoms with van der Waals surface area (Å²) in [5.41, 5.74) is 5.89. The Labute approximate surface area is 175 Å². The average Bonchev–Trinajstić information content (AvgIpc) is 3.30. The van der Waals surface area contributed by atoms with Crippen LogP contribution in [0.3, 0.4) is 0 Å². The summed E-state index contributed by atoms with van der Waals surface area (Å²) in [6.07, 6.45) is 8.12. The molecule has 29 heavy (non-hydrogen) atoms. The fourth-order valence-corrected chi connectivity index (χ4v) is 5.64. The SMILES string of the molecule is CCCN(CCC)CC(C)S(=O)(=O)NC(=O)Nc1c2c(cc3c1CCC3)CCC2. The Morgan fingerprint density at radius 3 is 2.10 bits per heavy atom. The second-order valence-corrected chi connectivity index (χ2v) is 10.5. The molecule has 3 rings (SSSR count). The molecule has 0 bridgehead atoms. The van der Waals surface area contributed by atoms with Crippen molar-refractivity contribution in [2.75, 3.05) is 25.0 Å². The van der Waals surface area contributed by atoms with E-state index in [2.05, 4.69) is 34.9 Å². The Bertz CT molecular complexity index is 813. The number of nitrogens with zero attached hydrogens (tertiary/aromatic N) is 1. The molecule has 0 aromatic heterocycles. The minimum Gasteiger partial charge on any atom is -0.307 e. The van der Waals surface area contributed by atoms with Gasteiger partial charge < -0.3 is 10.2 Å². The highest BCUT2D eigenvalue weighted by atomic mass is 32.2. The number of aryl methyl sites for hydroxylation is 2. The smallest absolute Gasteiger partial charge is 0.307 e. The van der Waals surface area contributed by atoms with Crippen LogP contribution < -0.4 is 10.0 Å². The summed E-state index contributed by atoms with van der Waals surface area (Å²) >= 11 is 0. The number of hydrogen-bond acceptors (Lipinski definition) is 4. The molecule has 2 aliphatic rings. The predicted molar refractivity (Wildman–Crippen MR) is 118 cm³/mol. The van der Waals surface area contributed by atoms with Crippen LogP contribution in [0.5, 0.6) is 0 Å². The van der Waals surface area contributed by atoms with Crippen molar-refractivity contribution >= 4 is 21.7 Å². The quantitative estimate of drug-likeness (QED) is 0.638. The second-order valence-electron chi connectivity index (χ2n) is 8.45. The summed E-state index contributed by atoms with van der Waals surface area (Å²) in [6, 6.07) is 1.66. The molecule has 0 saturated carbocycles. The van der Waals surface area contributed by atoms with E-state index in [1.165, 1.54) is 22.3 Å². The fourth-order valence-electron chi connectivity index (χ4n) is 4.72. The molecule has 7 heteroatoms. The van der Waals surface area contributed by atoms with Crippen LogP contribution in [0.2, 0.25) is 0 Å². The van der Waals surface area contributed by atoms with Crippen LogP contribution in [0.15, 0.2) is 6.07 Å². The van der Waals surface area contributed by atoms with E-state index in [0.717, 1.165) is 70.1 Å². The van der Waals surface area contributed by atoms with Crippen LogP contribution in [0.1, 0.15) is 68.7 Å². The van der Waals surface area contributed by atoms with Crippen LogP contribution in [0.4, 0.5) is 10.5 Å². The number of urea groups is 1. The highest BCUT2D eigenvalue weighted by molar-refractivity contribution is 7.90. The normalized spacial score (nSPS) is 16.6. The number of benzene rings is 1. The molecule has 0 saturated heterocycles. The van der Waals surface area contributed by atoms with Crippen LogP contribution in [0, 0.1) is 0 Å². The zero-order valence-corrected chi connectivity index (χ0v) is 18.8. The van der Waals surface area contributed by atoms with Gasteiger partial charge in [0.1, 0.15) is 0 Å². The number of sulfonamides is 1. The maximum atomic E-state index is 12.7. The van der Waals surface area contributed by atoms with E-state index < -0.39 is 21.3 Å². The van der Waals surface area contributed by atoms with Gasteiger partial charge in [-0.25, -0.2) is 17.9 Å². The summed E-state index contributed by atoms with van der Waals surface area (Å²) in [5.74, 6) is 0. The van der Waals surface area contributed by atoms with Crippen molar-refractivity contribution < 1.29 is 13.2 Å². The summed E-state index contributed by atoms with van der Waals surface area (Å²) in [4.78, 5) is 14.8. The molecule has 1 aromatic carbocycles. The van der Waals surface area contributed by atoms with Gasteiger partial charge in [-0.1, -0.05) is 19.9 Å². The Kier molecular flexibility index (Phi) is 7.22. The minimum absolute atomic E-state index is 0.431. The molecule has 2 aliphatic carbocycles. The molecule has 1 unspecified atom stereocenters. The summed E-state index contributed by atoms with van der Waals surface area (Å²) in [7, 11) is -3.74. The van der Waals surface area contributed by atoms with E-state index in [0.29, 0.717) is 6.54 Å². The number of carbonyl (C=O) groups is 1. The first-order valence-corrected chi connectivity index (χ1v) is 12.6. The molecular formula is C22H35N3O3S. The van der Waals surface area contributed by atoms with Gasteiger partial charge in [0.25, 0.3) is 0 Å². The third-order valence-electron chi connectivity index (χ3n) is 6.07. The van der Waals surface area contributed by atoms with Gasteiger partial charge in [-0.05, 0) is 93.6 Å². The van der Waals surface area contributed by atoms with Crippen LogP contribution >= 0.6 is 0 Å². The lowest BCUT2D eigenvalue weighted by Crippen LogP contribution is -2.45. The first-order valence-electron chi connectivity index (χ1n) is 11.1. The Morgan fingerprint density at radius 2 is 1.59 bits per heavy atom. The van der Waals surface area contributed by atoms with E-state index in [1.54, 1.807) is 6.92 Å². The van der Waals surface area contributed by atoms with Crippen molar-refractivity contribution in [2.45, 2.75) is 77.4 Å². The van der Waals surface area contributed by atoms with E-state index >= 15 is 0 Å². The molecule has 0 aliphatic heterocycles. The maximum absolute atomic E-state index is 12.7. The van der Waals surface area contributed by atoms with Gasteiger partial charge in [0.15, 0.2) is 0 Å². The van der Waals surface area contributed by atoms with E-state index in [-0.39, 0.29) is 0 Å². The van der Waals surface area contributed by atoms with E-state index in [1.807, 2.05) is 0 Å². The molecule has 0 heterocycles. The largest absolute Gasteiger partial charge is 0.332 e. The number of rotatable bonds is 9. The maximum Gasteiger partial charge on any atom is 0.332 e. The zero-order chi connectivity index (χ0) is 21.0. The summed E-state index contributed by atoms with van der Waals surface area (Å²) in [6.45, 7) is 8.01. The predicted octanol–water partition coefficient (Wildman–Crippen LogP) is 3.63. The van der Waals surface area contributed by atoms with Crippen molar-refractivity contribution in [1.82, 2.24) is 9.62 Å². The second kappa shape index (κ2) is 9.47. The highest BCUT2D eigenvalue weighted by Gasteiger charge is 2.28. The standard InChI is InChI=1S/C22H35N3O3S/c1-4-12-25(13-5-2)15-16(3)29(27,28)24-22(26)23-21-19-10-6-8-17(19)14-18-9-7-11-20(18)21/h14,16H,4-13,15H2,1-3H3,(H2,23,24,26). The van der Waals surface area contributed by atoms with Crippen LogP contribution in [-0.4, -0.2) is 44.2 Å². The van der Waals surface area contributed by atoms with Crippen molar-refractivity contribution in [3.63, 3.8) is 0 Å². The molecule has 0 spiro atoms.